The summed E-state index contributed by atoms with van der Waals surface area (Å²) in [6, 6.07) is -1.20. The normalized spacial score (nSPS) is 15.4. The monoisotopic (exact) mass is 404 g/mol. The number of rotatable bonds is 6. The second-order valence-corrected chi connectivity index (χ2v) is 7.95. The molecule has 2 heterocycles. The molecule has 26 heavy (non-hydrogen) atoms. The number of carbonyl (C=O) groups excluding carboxylic acids is 1. The van der Waals surface area contributed by atoms with Crippen molar-refractivity contribution < 1.29 is 17.6 Å². The second-order valence-electron chi connectivity index (χ2n) is 5.74. The fourth-order valence-corrected chi connectivity index (χ4v) is 4.16. The molecule has 0 atom stereocenters. The first-order valence-electron chi connectivity index (χ1n) is 7.83. The van der Waals surface area contributed by atoms with Crippen molar-refractivity contribution in [3.8, 4) is 0 Å². The lowest BCUT2D eigenvalue weighted by molar-refractivity contribution is 0.243. The molecule has 0 aliphatic heterocycles. The Morgan fingerprint density at radius 1 is 1.50 bits per heavy atom. The number of hydrogen-bond donors (Lipinski definition) is 1. The quantitative estimate of drug-likeness (QED) is 0.743. The molecule has 2 aromatic rings. The highest BCUT2D eigenvalue weighted by molar-refractivity contribution is 7.88. The first-order chi connectivity index (χ1) is 12.3. The highest BCUT2D eigenvalue weighted by Gasteiger charge is 2.30. The fraction of sp³-hybridized carbons (Fsp3) is 0.538. The number of thiazole rings is 1. The minimum Gasteiger partial charge on any atom is -0.323 e. The van der Waals surface area contributed by atoms with Crippen molar-refractivity contribution in [3.63, 3.8) is 0 Å². The van der Waals surface area contributed by atoms with E-state index in [2.05, 4.69) is 9.50 Å². The van der Waals surface area contributed by atoms with Crippen LogP contribution in [0.15, 0.2) is 20.8 Å². The molecule has 1 N–H and O–H groups in total. The van der Waals surface area contributed by atoms with Gasteiger partial charge in [0.15, 0.2) is 0 Å². The van der Waals surface area contributed by atoms with E-state index in [4.69, 9.17) is 0 Å². The molecule has 0 bridgehead atoms. The number of amides is 1. The van der Waals surface area contributed by atoms with Crippen molar-refractivity contribution in [2.45, 2.75) is 38.8 Å². The van der Waals surface area contributed by atoms with Gasteiger partial charge in [-0.1, -0.05) is 0 Å². The third kappa shape index (κ3) is 3.93. The molecule has 0 aromatic carbocycles. The molecule has 13 heteroatoms. The molecule has 1 fully saturated rings. The average Bonchev–Trinajstić information content (AvgIpc) is 3.22. The Labute approximate surface area is 151 Å². The van der Waals surface area contributed by atoms with E-state index < -0.39 is 28.6 Å². The van der Waals surface area contributed by atoms with Crippen LogP contribution in [0.3, 0.4) is 0 Å². The SMILES string of the molecule is Cc1nn(C(=O)NS(=O)(=O)/N=c2\sccn2CCCF)c(=O)n1C1CC1. The van der Waals surface area contributed by atoms with Crippen LogP contribution in [0.5, 0.6) is 0 Å². The van der Waals surface area contributed by atoms with Crippen molar-refractivity contribution in [2.75, 3.05) is 6.67 Å². The van der Waals surface area contributed by atoms with Crippen LogP contribution in [-0.4, -0.2) is 40.0 Å². The number of halogens is 1. The van der Waals surface area contributed by atoms with Gasteiger partial charge in [-0.15, -0.1) is 25.5 Å². The Bertz CT molecular complexity index is 1040. The molecule has 1 amide bonds. The van der Waals surface area contributed by atoms with Crippen LogP contribution in [0.4, 0.5) is 9.18 Å². The molecule has 0 saturated heterocycles. The Balaban J connectivity index is 1.83. The summed E-state index contributed by atoms with van der Waals surface area (Å²) < 4.78 is 45.1. The van der Waals surface area contributed by atoms with Crippen molar-refractivity contribution in [1.82, 2.24) is 23.6 Å². The summed E-state index contributed by atoms with van der Waals surface area (Å²) in [4.78, 5) is 24.5. The van der Waals surface area contributed by atoms with E-state index >= 15 is 0 Å². The van der Waals surface area contributed by atoms with Gasteiger partial charge in [-0.05, 0) is 26.2 Å². The fourth-order valence-electron chi connectivity index (χ4n) is 2.41. The van der Waals surface area contributed by atoms with Gasteiger partial charge in [-0.25, -0.2) is 14.3 Å². The van der Waals surface area contributed by atoms with Crippen LogP contribution < -0.4 is 15.2 Å². The number of hydrogen-bond acceptors (Lipinski definition) is 6. The zero-order valence-corrected chi connectivity index (χ0v) is 15.5. The van der Waals surface area contributed by atoms with Gasteiger partial charge in [0.05, 0.1) is 6.67 Å². The maximum Gasteiger partial charge on any atom is 0.361 e. The molecule has 1 saturated carbocycles. The van der Waals surface area contributed by atoms with E-state index in [1.165, 1.54) is 9.13 Å². The summed E-state index contributed by atoms with van der Waals surface area (Å²) in [5.74, 6) is 0.337. The Hall–Kier alpha value is -2.28. The highest BCUT2D eigenvalue weighted by atomic mass is 32.2. The van der Waals surface area contributed by atoms with Crippen LogP contribution in [-0.2, 0) is 16.8 Å². The van der Waals surface area contributed by atoms with E-state index in [1.54, 1.807) is 23.2 Å². The van der Waals surface area contributed by atoms with Gasteiger partial charge in [-0.2, -0.15) is 8.42 Å². The lowest BCUT2D eigenvalue weighted by atomic mass is 10.5. The summed E-state index contributed by atoms with van der Waals surface area (Å²) in [5.41, 5.74) is -0.688. The van der Waals surface area contributed by atoms with Crippen molar-refractivity contribution >= 4 is 27.6 Å². The molecule has 2 aromatic heterocycles. The summed E-state index contributed by atoms with van der Waals surface area (Å²) in [6.45, 7) is 1.28. The van der Waals surface area contributed by atoms with Crippen molar-refractivity contribution in [1.29, 1.82) is 0 Å². The van der Waals surface area contributed by atoms with Crippen LogP contribution in [0.25, 0.3) is 0 Å². The smallest absolute Gasteiger partial charge is 0.323 e. The van der Waals surface area contributed by atoms with Gasteiger partial charge in [0.25, 0.3) is 0 Å². The maximum atomic E-state index is 12.3. The summed E-state index contributed by atoms with van der Waals surface area (Å²) >= 11 is 1.03. The summed E-state index contributed by atoms with van der Waals surface area (Å²) in [7, 11) is -4.41. The average molecular weight is 404 g/mol. The number of carbonyl (C=O) groups is 1. The van der Waals surface area contributed by atoms with E-state index in [-0.39, 0.29) is 23.8 Å². The van der Waals surface area contributed by atoms with E-state index in [1.807, 2.05) is 0 Å². The molecule has 3 rings (SSSR count). The Morgan fingerprint density at radius 2 is 2.23 bits per heavy atom. The largest absolute Gasteiger partial charge is 0.361 e. The molecular weight excluding hydrogens is 387 g/mol. The van der Waals surface area contributed by atoms with Gasteiger partial charge >= 0.3 is 21.9 Å². The minimum absolute atomic E-state index is 0.00549. The number of aryl methyl sites for hydroxylation is 2. The predicted octanol–water partition coefficient (Wildman–Crippen LogP) is 0.314. The van der Waals surface area contributed by atoms with E-state index in [9.17, 15) is 22.4 Å². The lowest BCUT2D eigenvalue weighted by Crippen LogP contribution is -2.40. The first kappa shape index (κ1) is 18.5. The number of aromatic nitrogens is 4. The van der Waals surface area contributed by atoms with Gasteiger partial charge in [0, 0.05) is 24.2 Å². The van der Waals surface area contributed by atoms with Crippen molar-refractivity contribution in [2.24, 2.45) is 4.40 Å². The standard InChI is InChI=1S/C13H17FN6O4S2/c1-9-15-20(13(22)19(9)10-3-4-10)11(21)16-26(23,24)17-12-18(6-2-5-14)7-8-25-12/h7-8,10H,2-6H2,1H3,(H,16,21)/b17-12-. The Kier molecular flexibility index (Phi) is 5.09. The van der Waals surface area contributed by atoms with Crippen LogP contribution >= 0.6 is 11.3 Å². The molecular formula is C13H17FN6O4S2. The lowest BCUT2D eigenvalue weighted by Gasteiger charge is -2.02. The molecule has 0 radical (unpaired) electrons. The van der Waals surface area contributed by atoms with Crippen LogP contribution in [0.2, 0.25) is 0 Å². The molecule has 0 unspecified atom stereocenters. The topological polar surface area (TPSA) is 120 Å². The second kappa shape index (κ2) is 7.15. The first-order valence-corrected chi connectivity index (χ1v) is 10.2. The molecule has 0 spiro atoms. The number of nitrogens with one attached hydrogen (secondary N) is 1. The zero-order chi connectivity index (χ0) is 18.9. The number of nitrogens with zero attached hydrogens (tertiary/aromatic N) is 5. The van der Waals surface area contributed by atoms with Gasteiger partial charge < -0.3 is 4.57 Å². The van der Waals surface area contributed by atoms with Crippen LogP contribution in [0.1, 0.15) is 31.1 Å². The molecule has 1 aliphatic rings. The Morgan fingerprint density at radius 3 is 2.88 bits per heavy atom. The molecule has 142 valence electrons. The summed E-state index contributed by atoms with van der Waals surface area (Å²) in [6.07, 6.45) is 3.42. The maximum absolute atomic E-state index is 12.3. The van der Waals surface area contributed by atoms with Gasteiger partial charge in [-0.3, -0.25) is 8.96 Å². The van der Waals surface area contributed by atoms with Gasteiger partial charge in [0.2, 0.25) is 4.80 Å². The molecule has 1 aliphatic carbocycles. The van der Waals surface area contributed by atoms with E-state index in [0.29, 0.717) is 10.5 Å². The third-order valence-electron chi connectivity index (χ3n) is 3.69. The van der Waals surface area contributed by atoms with Crippen LogP contribution in [0, 0.1) is 6.92 Å². The number of alkyl halides is 1. The van der Waals surface area contributed by atoms with Crippen molar-refractivity contribution in [3.05, 3.63) is 32.7 Å². The van der Waals surface area contributed by atoms with E-state index in [0.717, 1.165) is 24.2 Å². The molecule has 10 nitrogen and oxygen atoms in total. The third-order valence-corrected chi connectivity index (χ3v) is 5.45. The highest BCUT2D eigenvalue weighted by Crippen LogP contribution is 2.33. The van der Waals surface area contributed by atoms with Gasteiger partial charge in [0.1, 0.15) is 5.82 Å². The zero-order valence-electron chi connectivity index (χ0n) is 13.8. The minimum atomic E-state index is -4.41. The summed E-state index contributed by atoms with van der Waals surface area (Å²) in [5, 5.41) is 5.41. The predicted molar refractivity (Wildman–Crippen MR) is 90.8 cm³/mol.